The predicted octanol–water partition coefficient (Wildman–Crippen LogP) is 2.26. The van der Waals surface area contributed by atoms with E-state index in [0.29, 0.717) is 10.6 Å². The second-order valence-corrected chi connectivity index (χ2v) is 4.55. The summed E-state index contributed by atoms with van der Waals surface area (Å²) in [6.45, 7) is 1.98. The molecular formula is C12H15N3O4S. The van der Waals surface area contributed by atoms with Crippen LogP contribution in [-0.2, 0) is 9.53 Å². The van der Waals surface area contributed by atoms with Gasteiger partial charge >= 0.3 is 5.97 Å². The Balaban J connectivity index is 2.96. The van der Waals surface area contributed by atoms with Crippen molar-refractivity contribution in [3.8, 4) is 0 Å². The van der Waals surface area contributed by atoms with Crippen LogP contribution < -0.4 is 5.73 Å². The van der Waals surface area contributed by atoms with Gasteiger partial charge in [0.05, 0.1) is 17.2 Å². The highest BCUT2D eigenvalue weighted by Gasteiger charge is 2.11. The van der Waals surface area contributed by atoms with Gasteiger partial charge in [0.1, 0.15) is 12.3 Å². The lowest BCUT2D eigenvalue weighted by atomic mass is 10.3. The van der Waals surface area contributed by atoms with Gasteiger partial charge in [-0.1, -0.05) is 0 Å². The van der Waals surface area contributed by atoms with E-state index in [0.717, 1.165) is 0 Å². The molecule has 0 saturated carbocycles. The summed E-state index contributed by atoms with van der Waals surface area (Å²) >= 11 is 1.31. The fraction of sp³-hybridized carbons (Fsp3) is 0.333. The summed E-state index contributed by atoms with van der Waals surface area (Å²) in [5, 5.41) is 10.7. The molecule has 0 radical (unpaired) electrons. The molecule has 1 aromatic carbocycles. The van der Waals surface area contributed by atoms with E-state index in [1.807, 2.05) is 0 Å². The van der Waals surface area contributed by atoms with Gasteiger partial charge in [-0.15, -0.1) is 11.8 Å². The average molecular weight is 297 g/mol. The molecule has 0 aliphatic carbocycles. The van der Waals surface area contributed by atoms with Gasteiger partial charge in [-0.25, -0.2) is 4.99 Å². The van der Waals surface area contributed by atoms with E-state index in [9.17, 15) is 14.9 Å². The maximum absolute atomic E-state index is 11.3. The van der Waals surface area contributed by atoms with Crippen LogP contribution >= 0.6 is 11.8 Å². The van der Waals surface area contributed by atoms with Crippen LogP contribution in [0.3, 0.4) is 0 Å². The number of hydrogen-bond acceptors (Lipinski definition) is 6. The smallest absolute Gasteiger partial charge is 0.313 e. The number of hydrogen-bond donors (Lipinski definition) is 1. The van der Waals surface area contributed by atoms with Crippen molar-refractivity contribution in [3.05, 3.63) is 28.3 Å². The molecule has 20 heavy (non-hydrogen) atoms. The number of nitro benzene ring substituents is 1. The molecule has 0 unspecified atom stereocenters. The van der Waals surface area contributed by atoms with Crippen LogP contribution in [0.5, 0.6) is 0 Å². The minimum atomic E-state index is -0.477. The third-order valence-corrected chi connectivity index (χ3v) is 3.04. The fourth-order valence-electron chi connectivity index (χ4n) is 1.43. The molecule has 0 bridgehead atoms. The summed E-state index contributed by atoms with van der Waals surface area (Å²) in [4.78, 5) is 26.2. The second kappa shape index (κ2) is 7.49. The van der Waals surface area contributed by atoms with Crippen molar-refractivity contribution in [1.29, 1.82) is 0 Å². The molecule has 108 valence electrons. The van der Waals surface area contributed by atoms with Crippen LogP contribution in [0.2, 0.25) is 0 Å². The lowest BCUT2D eigenvalue weighted by Crippen LogP contribution is -2.18. The van der Waals surface area contributed by atoms with E-state index in [1.54, 1.807) is 13.2 Å². The number of carbonyl (C=O) groups excluding carboxylic acids is 1. The first-order valence-corrected chi connectivity index (χ1v) is 7.01. The number of nitrogens with two attached hydrogens (primary N) is 1. The molecule has 0 atom stereocenters. The number of ether oxygens (including phenoxy) is 1. The van der Waals surface area contributed by atoms with Gasteiger partial charge in [0.2, 0.25) is 0 Å². The van der Waals surface area contributed by atoms with Crippen molar-refractivity contribution in [3.63, 3.8) is 0 Å². The molecule has 0 aliphatic rings. The maximum atomic E-state index is 11.3. The zero-order valence-corrected chi connectivity index (χ0v) is 12.0. The normalized spacial score (nSPS) is 11.2. The number of amidine groups is 1. The summed E-state index contributed by atoms with van der Waals surface area (Å²) in [6.07, 6.45) is 1.66. The Bertz CT molecular complexity index is 546. The number of benzene rings is 1. The van der Waals surface area contributed by atoms with Crippen LogP contribution in [0.4, 0.5) is 11.4 Å². The van der Waals surface area contributed by atoms with Crippen molar-refractivity contribution in [2.45, 2.75) is 18.2 Å². The van der Waals surface area contributed by atoms with E-state index >= 15 is 0 Å². The molecule has 7 nitrogen and oxygen atoms in total. The summed E-state index contributed by atoms with van der Waals surface area (Å²) in [5.41, 5.74) is 6.14. The second-order valence-electron chi connectivity index (χ2n) is 3.70. The number of nitro groups is 1. The molecule has 0 saturated heterocycles. The number of rotatable bonds is 6. The molecule has 1 rings (SSSR count). The van der Waals surface area contributed by atoms with E-state index in [2.05, 4.69) is 4.99 Å². The number of esters is 1. The van der Waals surface area contributed by atoms with Crippen molar-refractivity contribution in [2.24, 2.45) is 10.7 Å². The zero-order valence-electron chi connectivity index (χ0n) is 11.2. The summed E-state index contributed by atoms with van der Waals surface area (Å²) < 4.78 is 4.76. The van der Waals surface area contributed by atoms with Crippen LogP contribution in [0, 0.1) is 10.1 Å². The van der Waals surface area contributed by atoms with E-state index in [1.165, 1.54) is 30.0 Å². The Kier molecular flexibility index (Phi) is 5.98. The molecule has 0 heterocycles. The summed E-state index contributed by atoms with van der Waals surface area (Å²) in [6, 6.07) is 4.26. The molecule has 0 amide bonds. The molecule has 8 heteroatoms. The van der Waals surface area contributed by atoms with E-state index in [4.69, 9.17) is 10.5 Å². The Morgan fingerprint density at radius 3 is 2.80 bits per heavy atom. The third kappa shape index (κ3) is 4.54. The molecule has 0 spiro atoms. The van der Waals surface area contributed by atoms with Crippen LogP contribution in [0.15, 0.2) is 28.1 Å². The van der Waals surface area contributed by atoms with Crippen molar-refractivity contribution in [1.82, 2.24) is 0 Å². The lowest BCUT2D eigenvalue weighted by molar-refractivity contribution is -0.385. The maximum Gasteiger partial charge on any atom is 0.313 e. The molecule has 0 aliphatic heterocycles. The third-order valence-electron chi connectivity index (χ3n) is 2.27. The SMILES string of the molecule is CCOC(=O)CC(N)=Nc1ccc([N+](=O)[O-])cc1SC. The number of thioether (sulfide) groups is 1. The number of carbonyl (C=O) groups is 1. The van der Waals surface area contributed by atoms with Gasteiger partial charge in [0.25, 0.3) is 5.69 Å². The zero-order chi connectivity index (χ0) is 15.1. The van der Waals surface area contributed by atoms with Gasteiger partial charge in [-0.05, 0) is 19.2 Å². The average Bonchev–Trinajstić information content (AvgIpc) is 2.38. The highest BCUT2D eigenvalue weighted by atomic mass is 32.2. The fourth-order valence-corrected chi connectivity index (χ4v) is 1.99. The van der Waals surface area contributed by atoms with Crippen molar-refractivity contribution < 1.29 is 14.5 Å². The molecular weight excluding hydrogens is 282 g/mol. The van der Waals surface area contributed by atoms with Crippen molar-refractivity contribution in [2.75, 3.05) is 12.9 Å². The van der Waals surface area contributed by atoms with Crippen LogP contribution in [0.25, 0.3) is 0 Å². The first-order valence-electron chi connectivity index (χ1n) is 5.79. The topological polar surface area (TPSA) is 108 Å². The Labute approximate surface area is 120 Å². The largest absolute Gasteiger partial charge is 0.466 e. The van der Waals surface area contributed by atoms with Gasteiger partial charge in [0.15, 0.2) is 0 Å². The Hall–Kier alpha value is -2.09. The molecule has 1 aromatic rings. The number of nitrogens with zero attached hydrogens (tertiary/aromatic N) is 2. The van der Waals surface area contributed by atoms with E-state index in [-0.39, 0.29) is 24.6 Å². The quantitative estimate of drug-likeness (QED) is 0.215. The Morgan fingerprint density at radius 2 is 2.25 bits per heavy atom. The molecule has 0 fully saturated rings. The lowest BCUT2D eigenvalue weighted by Gasteiger charge is -2.05. The summed E-state index contributed by atoms with van der Waals surface area (Å²) in [5.74, 6) is -0.353. The first-order chi connectivity index (χ1) is 9.47. The highest BCUT2D eigenvalue weighted by molar-refractivity contribution is 7.98. The molecule has 0 aromatic heterocycles. The van der Waals surface area contributed by atoms with Gasteiger partial charge in [-0.3, -0.25) is 14.9 Å². The van der Waals surface area contributed by atoms with Crippen molar-refractivity contribution >= 4 is 34.9 Å². The van der Waals surface area contributed by atoms with Gasteiger partial charge in [-0.2, -0.15) is 0 Å². The van der Waals surface area contributed by atoms with Gasteiger partial charge < -0.3 is 10.5 Å². The summed E-state index contributed by atoms with van der Waals surface area (Å²) in [7, 11) is 0. The predicted molar refractivity (Wildman–Crippen MR) is 77.4 cm³/mol. The first kappa shape index (κ1) is 16.0. The highest BCUT2D eigenvalue weighted by Crippen LogP contribution is 2.31. The Morgan fingerprint density at radius 1 is 1.55 bits per heavy atom. The minimum absolute atomic E-state index is 0.0164. The molecule has 2 N–H and O–H groups in total. The standard InChI is InChI=1S/C12H15N3O4S/c1-3-19-12(16)7-11(13)14-9-5-4-8(15(17)18)6-10(9)20-2/h4-6H,3,7H2,1-2H3,(H2,13,14). The number of aliphatic imine (C=N–C) groups is 1. The van der Waals surface area contributed by atoms with E-state index < -0.39 is 10.9 Å². The van der Waals surface area contributed by atoms with Gasteiger partial charge in [0, 0.05) is 17.0 Å². The number of non-ortho nitro benzene ring substituents is 1. The minimum Gasteiger partial charge on any atom is -0.466 e. The van der Waals surface area contributed by atoms with Crippen LogP contribution in [0.1, 0.15) is 13.3 Å². The van der Waals surface area contributed by atoms with Crippen LogP contribution in [-0.4, -0.2) is 29.6 Å². The monoisotopic (exact) mass is 297 g/mol.